The summed E-state index contributed by atoms with van der Waals surface area (Å²) < 4.78 is 0. The maximum atomic E-state index is 8.87. The molecule has 0 aliphatic heterocycles. The first-order valence-electron chi connectivity index (χ1n) is 7.16. The Morgan fingerprint density at radius 2 is 1.48 bits per heavy atom. The lowest BCUT2D eigenvalue weighted by Crippen LogP contribution is -1.92. The van der Waals surface area contributed by atoms with Crippen molar-refractivity contribution in [1.29, 1.82) is 0 Å². The molecule has 0 aliphatic carbocycles. The molecule has 0 radical (unpaired) electrons. The molecule has 0 atom stereocenters. The van der Waals surface area contributed by atoms with E-state index in [1.165, 1.54) is 32.3 Å². The molecular weight excluding hydrogens is 258 g/mol. The van der Waals surface area contributed by atoms with E-state index in [1.807, 2.05) is 6.21 Å². The lowest BCUT2D eigenvalue weighted by atomic mass is 9.92. The topological polar surface area (TPSA) is 32.6 Å². The van der Waals surface area contributed by atoms with Crippen molar-refractivity contribution in [2.24, 2.45) is 4.99 Å². The van der Waals surface area contributed by atoms with Gasteiger partial charge >= 0.3 is 0 Å². The Kier molecular flexibility index (Phi) is 2.83. The summed E-state index contributed by atoms with van der Waals surface area (Å²) in [7, 11) is 0. The van der Waals surface area contributed by atoms with E-state index in [4.69, 9.17) is 5.11 Å². The molecule has 0 amide bonds. The van der Waals surface area contributed by atoms with Gasteiger partial charge in [-0.1, -0.05) is 54.6 Å². The van der Waals surface area contributed by atoms with Crippen LogP contribution in [0.2, 0.25) is 0 Å². The zero-order valence-corrected chi connectivity index (χ0v) is 11.6. The minimum Gasteiger partial charge on any atom is -0.394 e. The minimum atomic E-state index is 0.0856. The first kappa shape index (κ1) is 12.3. The quantitative estimate of drug-likeness (QED) is 0.444. The van der Waals surface area contributed by atoms with Gasteiger partial charge in [0.05, 0.1) is 13.2 Å². The van der Waals surface area contributed by atoms with Crippen LogP contribution in [0.25, 0.3) is 32.3 Å². The fourth-order valence-corrected chi connectivity index (χ4v) is 3.09. The Morgan fingerprint density at radius 1 is 0.810 bits per heavy atom. The molecule has 0 heterocycles. The summed E-state index contributed by atoms with van der Waals surface area (Å²) in [6, 6.07) is 19.4. The second-order valence-electron chi connectivity index (χ2n) is 5.27. The van der Waals surface area contributed by atoms with Crippen LogP contribution in [0.5, 0.6) is 0 Å². The Labute approximate surface area is 122 Å². The fraction of sp³-hybridized carbons (Fsp3) is 0.105. The number of aliphatic hydroxyl groups is 1. The molecule has 0 saturated heterocycles. The second-order valence-corrected chi connectivity index (χ2v) is 5.27. The molecule has 4 aromatic rings. The molecule has 102 valence electrons. The molecule has 0 saturated carbocycles. The van der Waals surface area contributed by atoms with E-state index < -0.39 is 0 Å². The third kappa shape index (κ3) is 1.88. The average Bonchev–Trinajstić information content (AvgIpc) is 2.54. The summed E-state index contributed by atoms with van der Waals surface area (Å²) in [6.07, 6.45) is 1.86. The molecule has 0 unspecified atom stereocenters. The van der Waals surface area contributed by atoms with Crippen LogP contribution in [0.3, 0.4) is 0 Å². The zero-order chi connectivity index (χ0) is 14.2. The lowest BCUT2D eigenvalue weighted by molar-refractivity contribution is 0.307. The highest BCUT2D eigenvalue weighted by atomic mass is 16.3. The molecule has 0 spiro atoms. The molecule has 0 aromatic heterocycles. The highest BCUT2D eigenvalue weighted by molar-refractivity contribution is 6.25. The van der Waals surface area contributed by atoms with Crippen LogP contribution < -0.4 is 0 Å². The van der Waals surface area contributed by atoms with Crippen molar-refractivity contribution < 1.29 is 5.11 Å². The Hall–Kier alpha value is -2.45. The van der Waals surface area contributed by atoms with Gasteiger partial charge in [0.25, 0.3) is 0 Å². The number of hydrogen-bond donors (Lipinski definition) is 1. The third-order valence-electron chi connectivity index (χ3n) is 4.02. The number of aliphatic hydroxyl groups excluding tert-OH is 1. The van der Waals surface area contributed by atoms with Crippen molar-refractivity contribution in [3.05, 3.63) is 60.2 Å². The predicted molar refractivity (Wildman–Crippen MR) is 89.7 cm³/mol. The largest absolute Gasteiger partial charge is 0.394 e. The zero-order valence-electron chi connectivity index (χ0n) is 11.6. The van der Waals surface area contributed by atoms with Crippen LogP contribution in [-0.2, 0) is 0 Å². The molecule has 0 aliphatic rings. The summed E-state index contributed by atoms with van der Waals surface area (Å²) >= 11 is 0. The van der Waals surface area contributed by atoms with E-state index in [2.05, 4.69) is 59.6 Å². The maximum absolute atomic E-state index is 8.87. The third-order valence-corrected chi connectivity index (χ3v) is 4.02. The molecule has 0 bridgehead atoms. The van der Waals surface area contributed by atoms with Crippen LogP contribution in [0.15, 0.2) is 59.6 Å². The Morgan fingerprint density at radius 3 is 2.24 bits per heavy atom. The van der Waals surface area contributed by atoms with Gasteiger partial charge in [0.2, 0.25) is 0 Å². The first-order chi connectivity index (χ1) is 10.4. The summed E-state index contributed by atoms with van der Waals surface area (Å²) in [5.41, 5.74) is 1.11. The molecule has 4 rings (SSSR count). The monoisotopic (exact) mass is 273 g/mol. The Balaban J connectivity index is 2.10. The van der Waals surface area contributed by atoms with Crippen molar-refractivity contribution in [1.82, 2.24) is 0 Å². The van der Waals surface area contributed by atoms with Gasteiger partial charge in [-0.25, -0.2) is 0 Å². The van der Waals surface area contributed by atoms with E-state index in [1.54, 1.807) is 0 Å². The van der Waals surface area contributed by atoms with E-state index in [-0.39, 0.29) is 6.61 Å². The fourth-order valence-electron chi connectivity index (χ4n) is 3.09. The number of aliphatic imine (C=N–C) groups is 1. The first-order valence-corrected chi connectivity index (χ1v) is 7.16. The van der Waals surface area contributed by atoms with Gasteiger partial charge < -0.3 is 5.11 Å². The van der Waals surface area contributed by atoms with Gasteiger partial charge in [-0.3, -0.25) is 4.99 Å². The standard InChI is InChI=1S/C19H15NO/c21-11-10-20-12-16-7-6-15-5-4-13-2-1-3-14-8-9-17(16)19(15)18(13)14/h1-9,12,21H,10-11H2. The molecule has 21 heavy (non-hydrogen) atoms. The van der Waals surface area contributed by atoms with Gasteiger partial charge in [0.15, 0.2) is 0 Å². The van der Waals surface area contributed by atoms with Gasteiger partial charge in [0, 0.05) is 11.8 Å². The highest BCUT2D eigenvalue weighted by Crippen LogP contribution is 2.35. The van der Waals surface area contributed by atoms with Crippen LogP contribution in [-0.4, -0.2) is 24.5 Å². The van der Waals surface area contributed by atoms with Crippen molar-refractivity contribution >= 4 is 38.5 Å². The molecule has 1 N–H and O–H groups in total. The minimum absolute atomic E-state index is 0.0856. The summed E-state index contributed by atoms with van der Waals surface area (Å²) in [5.74, 6) is 0. The summed E-state index contributed by atoms with van der Waals surface area (Å²) in [4.78, 5) is 4.27. The van der Waals surface area contributed by atoms with Gasteiger partial charge in [0.1, 0.15) is 0 Å². The van der Waals surface area contributed by atoms with Gasteiger partial charge in [-0.05, 0) is 32.3 Å². The molecule has 0 fully saturated rings. The smallest absolute Gasteiger partial charge is 0.0626 e. The van der Waals surface area contributed by atoms with Crippen LogP contribution >= 0.6 is 0 Å². The highest BCUT2D eigenvalue weighted by Gasteiger charge is 2.09. The van der Waals surface area contributed by atoms with Crippen molar-refractivity contribution in [2.75, 3.05) is 13.2 Å². The number of rotatable bonds is 3. The van der Waals surface area contributed by atoms with Crippen molar-refractivity contribution in [3.63, 3.8) is 0 Å². The van der Waals surface area contributed by atoms with E-state index in [0.717, 1.165) is 5.56 Å². The number of nitrogens with zero attached hydrogens (tertiary/aromatic N) is 1. The van der Waals surface area contributed by atoms with Gasteiger partial charge in [-0.15, -0.1) is 0 Å². The molecular formula is C19H15NO. The van der Waals surface area contributed by atoms with Gasteiger partial charge in [-0.2, -0.15) is 0 Å². The van der Waals surface area contributed by atoms with Crippen molar-refractivity contribution in [3.8, 4) is 0 Å². The summed E-state index contributed by atoms with van der Waals surface area (Å²) in [6.45, 7) is 0.532. The lowest BCUT2D eigenvalue weighted by Gasteiger charge is -2.12. The van der Waals surface area contributed by atoms with Crippen molar-refractivity contribution in [2.45, 2.75) is 0 Å². The van der Waals surface area contributed by atoms with Crippen LogP contribution in [0, 0.1) is 0 Å². The van der Waals surface area contributed by atoms with Crippen LogP contribution in [0.1, 0.15) is 5.56 Å². The SMILES string of the molecule is OCCN=Cc1ccc2ccc3cccc4ccc1c2c34. The van der Waals surface area contributed by atoms with Crippen LogP contribution in [0.4, 0.5) is 0 Å². The summed E-state index contributed by atoms with van der Waals surface area (Å²) in [5, 5.41) is 16.5. The molecule has 2 nitrogen and oxygen atoms in total. The number of benzene rings is 4. The predicted octanol–water partition coefficient (Wildman–Crippen LogP) is 4.00. The average molecular weight is 273 g/mol. The molecule has 2 heteroatoms. The van der Waals surface area contributed by atoms with E-state index >= 15 is 0 Å². The van der Waals surface area contributed by atoms with E-state index in [0.29, 0.717) is 6.54 Å². The second kappa shape index (κ2) is 4.83. The Bertz CT molecular complexity index is 940. The molecule has 4 aromatic carbocycles. The normalized spacial score (nSPS) is 12.2. The number of hydrogen-bond acceptors (Lipinski definition) is 2. The maximum Gasteiger partial charge on any atom is 0.0626 e. The van der Waals surface area contributed by atoms with E-state index in [9.17, 15) is 0 Å².